The Balaban J connectivity index is 1.37. The molecule has 0 bridgehead atoms. The predicted molar refractivity (Wildman–Crippen MR) is 76.6 cm³/mol. The van der Waals surface area contributed by atoms with Gasteiger partial charge in [-0.1, -0.05) is 36.4 Å². The first-order valence-corrected chi connectivity index (χ1v) is 7.18. The number of carbonyl (C=O) groups is 1. The van der Waals surface area contributed by atoms with Crippen molar-refractivity contribution in [1.29, 1.82) is 0 Å². The summed E-state index contributed by atoms with van der Waals surface area (Å²) in [5, 5.41) is 0. The molecule has 0 aliphatic carbocycles. The SMILES string of the molecule is O=C(OCc1ccccc1)N1CC(=CCC2OCCO2)C1. The lowest BCUT2D eigenvalue weighted by Gasteiger charge is -2.33. The molecule has 2 saturated heterocycles. The number of rotatable bonds is 4. The molecule has 0 N–H and O–H groups in total. The van der Waals surface area contributed by atoms with Gasteiger partial charge in [0.15, 0.2) is 6.29 Å². The van der Waals surface area contributed by atoms with Crippen LogP contribution in [0, 0.1) is 0 Å². The molecule has 5 nitrogen and oxygen atoms in total. The summed E-state index contributed by atoms with van der Waals surface area (Å²) in [4.78, 5) is 13.5. The minimum absolute atomic E-state index is 0.114. The fraction of sp³-hybridized carbons (Fsp3) is 0.438. The van der Waals surface area contributed by atoms with E-state index >= 15 is 0 Å². The van der Waals surface area contributed by atoms with E-state index in [1.807, 2.05) is 30.3 Å². The van der Waals surface area contributed by atoms with Crippen molar-refractivity contribution in [3.8, 4) is 0 Å². The number of nitrogens with zero attached hydrogens (tertiary/aromatic N) is 1. The molecule has 1 amide bonds. The second-order valence-corrected chi connectivity index (χ2v) is 5.17. The van der Waals surface area contributed by atoms with E-state index in [4.69, 9.17) is 14.2 Å². The highest BCUT2D eigenvalue weighted by Gasteiger charge is 2.26. The van der Waals surface area contributed by atoms with Gasteiger partial charge in [0.05, 0.1) is 13.2 Å². The van der Waals surface area contributed by atoms with Gasteiger partial charge in [-0.15, -0.1) is 0 Å². The van der Waals surface area contributed by atoms with E-state index in [0.717, 1.165) is 12.0 Å². The lowest BCUT2D eigenvalue weighted by molar-refractivity contribution is -0.0383. The van der Waals surface area contributed by atoms with Crippen molar-refractivity contribution >= 4 is 6.09 Å². The van der Waals surface area contributed by atoms with E-state index in [9.17, 15) is 4.79 Å². The molecule has 2 heterocycles. The Bertz CT molecular complexity index is 500. The first kappa shape index (κ1) is 14.1. The highest BCUT2D eigenvalue weighted by Crippen LogP contribution is 2.19. The van der Waals surface area contributed by atoms with Crippen LogP contribution in [-0.4, -0.2) is 43.6 Å². The quantitative estimate of drug-likeness (QED) is 0.798. The molecule has 112 valence electrons. The zero-order valence-corrected chi connectivity index (χ0v) is 11.9. The molecule has 0 aromatic heterocycles. The van der Waals surface area contributed by atoms with Crippen molar-refractivity contribution in [2.24, 2.45) is 0 Å². The Hall–Kier alpha value is -1.85. The van der Waals surface area contributed by atoms with Gasteiger partial charge in [0, 0.05) is 19.5 Å². The molecule has 2 fully saturated rings. The average molecular weight is 289 g/mol. The van der Waals surface area contributed by atoms with Gasteiger partial charge in [0.2, 0.25) is 0 Å². The molecule has 1 aromatic carbocycles. The third-order valence-electron chi connectivity index (χ3n) is 3.54. The van der Waals surface area contributed by atoms with Crippen LogP contribution < -0.4 is 0 Å². The van der Waals surface area contributed by atoms with E-state index < -0.39 is 0 Å². The first-order chi connectivity index (χ1) is 10.3. The second-order valence-electron chi connectivity index (χ2n) is 5.17. The molecule has 0 spiro atoms. The lowest BCUT2D eigenvalue weighted by Crippen LogP contribution is -2.44. The summed E-state index contributed by atoms with van der Waals surface area (Å²) >= 11 is 0. The minimum Gasteiger partial charge on any atom is -0.445 e. The monoisotopic (exact) mass is 289 g/mol. The number of likely N-dealkylation sites (tertiary alicyclic amines) is 1. The van der Waals surface area contributed by atoms with Crippen LogP contribution in [0.1, 0.15) is 12.0 Å². The number of ether oxygens (including phenoxy) is 3. The molecule has 2 aliphatic heterocycles. The first-order valence-electron chi connectivity index (χ1n) is 7.18. The van der Waals surface area contributed by atoms with Crippen molar-refractivity contribution in [1.82, 2.24) is 4.90 Å². The average Bonchev–Trinajstić information content (AvgIpc) is 2.98. The Labute approximate surface area is 124 Å². The lowest BCUT2D eigenvalue weighted by atomic mass is 10.1. The molecule has 0 atom stereocenters. The van der Waals surface area contributed by atoms with E-state index in [1.165, 1.54) is 5.57 Å². The van der Waals surface area contributed by atoms with Crippen LogP contribution in [-0.2, 0) is 20.8 Å². The zero-order valence-electron chi connectivity index (χ0n) is 11.9. The van der Waals surface area contributed by atoms with Crippen molar-refractivity contribution in [2.45, 2.75) is 19.3 Å². The summed E-state index contributed by atoms with van der Waals surface area (Å²) in [5.74, 6) is 0. The standard InChI is InChI=1S/C16H19NO4/c18-16(21-12-13-4-2-1-3-5-13)17-10-14(11-17)6-7-15-19-8-9-20-15/h1-6,15H,7-12H2. The Morgan fingerprint density at radius 3 is 2.67 bits per heavy atom. The van der Waals surface area contributed by atoms with Gasteiger partial charge in [0.1, 0.15) is 6.61 Å². The summed E-state index contributed by atoms with van der Waals surface area (Å²) in [6.07, 6.45) is 2.47. The molecule has 0 unspecified atom stereocenters. The molecule has 2 aliphatic rings. The maximum atomic E-state index is 11.8. The molecule has 21 heavy (non-hydrogen) atoms. The van der Waals surface area contributed by atoms with E-state index in [-0.39, 0.29) is 12.4 Å². The summed E-state index contributed by atoms with van der Waals surface area (Å²) in [6.45, 7) is 2.94. The van der Waals surface area contributed by atoms with Crippen LogP contribution in [0.3, 0.4) is 0 Å². The van der Waals surface area contributed by atoms with Crippen molar-refractivity contribution < 1.29 is 19.0 Å². The Morgan fingerprint density at radius 1 is 1.24 bits per heavy atom. The molecule has 0 radical (unpaired) electrons. The van der Waals surface area contributed by atoms with Gasteiger partial charge in [-0.3, -0.25) is 0 Å². The topological polar surface area (TPSA) is 48.0 Å². The molecule has 0 saturated carbocycles. The van der Waals surface area contributed by atoms with Crippen LogP contribution in [0.5, 0.6) is 0 Å². The van der Waals surface area contributed by atoms with Crippen LogP contribution in [0.4, 0.5) is 4.79 Å². The van der Waals surface area contributed by atoms with Crippen molar-refractivity contribution in [3.63, 3.8) is 0 Å². The van der Waals surface area contributed by atoms with Gasteiger partial charge < -0.3 is 19.1 Å². The predicted octanol–water partition coefficient (Wildman–Crippen LogP) is 2.33. The molecular formula is C16H19NO4. The number of benzene rings is 1. The maximum Gasteiger partial charge on any atom is 0.410 e. The third kappa shape index (κ3) is 3.83. The van der Waals surface area contributed by atoms with Crippen molar-refractivity contribution in [3.05, 3.63) is 47.5 Å². The third-order valence-corrected chi connectivity index (χ3v) is 3.54. The number of carbonyl (C=O) groups excluding carboxylic acids is 1. The highest BCUT2D eigenvalue weighted by molar-refractivity contribution is 5.70. The summed E-state index contributed by atoms with van der Waals surface area (Å²) in [7, 11) is 0. The van der Waals surface area contributed by atoms with Gasteiger partial charge in [-0.05, 0) is 11.1 Å². The molecule has 5 heteroatoms. The van der Waals surface area contributed by atoms with Gasteiger partial charge in [0.25, 0.3) is 0 Å². The molecule has 1 aromatic rings. The van der Waals surface area contributed by atoms with Crippen LogP contribution >= 0.6 is 0 Å². The number of hydrogen-bond acceptors (Lipinski definition) is 4. The fourth-order valence-corrected chi connectivity index (χ4v) is 2.32. The minimum atomic E-state index is -0.260. The van der Waals surface area contributed by atoms with E-state index in [2.05, 4.69) is 6.08 Å². The highest BCUT2D eigenvalue weighted by atomic mass is 16.7. The maximum absolute atomic E-state index is 11.8. The zero-order chi connectivity index (χ0) is 14.5. The van der Waals surface area contributed by atoms with Crippen LogP contribution in [0.2, 0.25) is 0 Å². The van der Waals surface area contributed by atoms with Crippen LogP contribution in [0.25, 0.3) is 0 Å². The summed E-state index contributed by atoms with van der Waals surface area (Å²) in [6, 6.07) is 9.68. The number of hydrogen-bond donors (Lipinski definition) is 0. The van der Waals surface area contributed by atoms with E-state index in [0.29, 0.717) is 32.9 Å². The Morgan fingerprint density at radius 2 is 1.95 bits per heavy atom. The summed E-state index contributed by atoms with van der Waals surface area (Å²) < 4.78 is 16.0. The largest absolute Gasteiger partial charge is 0.445 e. The van der Waals surface area contributed by atoms with Gasteiger partial charge >= 0.3 is 6.09 Å². The second kappa shape index (κ2) is 6.74. The smallest absolute Gasteiger partial charge is 0.410 e. The van der Waals surface area contributed by atoms with Gasteiger partial charge in [-0.2, -0.15) is 0 Å². The Kier molecular flexibility index (Phi) is 4.52. The summed E-state index contributed by atoms with van der Waals surface area (Å²) in [5.41, 5.74) is 2.23. The number of amides is 1. The normalized spacial score (nSPS) is 18.5. The fourth-order valence-electron chi connectivity index (χ4n) is 2.32. The van der Waals surface area contributed by atoms with Crippen molar-refractivity contribution in [2.75, 3.05) is 26.3 Å². The van der Waals surface area contributed by atoms with Crippen LogP contribution in [0.15, 0.2) is 42.0 Å². The molecular weight excluding hydrogens is 270 g/mol. The van der Waals surface area contributed by atoms with Gasteiger partial charge in [-0.25, -0.2) is 4.79 Å². The molecule has 3 rings (SSSR count). The van der Waals surface area contributed by atoms with E-state index in [1.54, 1.807) is 4.90 Å².